The van der Waals surface area contributed by atoms with Crippen LogP contribution in [-0.4, -0.2) is 47.6 Å². The van der Waals surface area contributed by atoms with Gasteiger partial charge in [0.05, 0.1) is 18.8 Å². The van der Waals surface area contributed by atoms with E-state index in [0.717, 1.165) is 20.8 Å². The molecule has 170 valence electrons. The van der Waals surface area contributed by atoms with Crippen LogP contribution in [0, 0.1) is 0 Å². The number of carbonyl (C=O) groups excluding carboxylic acids is 1. The zero-order valence-electron chi connectivity index (χ0n) is 18.4. The first-order chi connectivity index (χ1) is 15.4. The van der Waals surface area contributed by atoms with E-state index in [0.29, 0.717) is 43.1 Å². The lowest BCUT2D eigenvalue weighted by molar-refractivity contribution is 0.109. The fourth-order valence-corrected chi connectivity index (χ4v) is 4.72. The van der Waals surface area contributed by atoms with Gasteiger partial charge in [-0.1, -0.05) is 40.2 Å². The normalized spacial score (nSPS) is 15.9. The number of carbonyl (C=O) groups is 1. The van der Waals surface area contributed by atoms with Gasteiger partial charge in [-0.3, -0.25) is 0 Å². The number of aliphatic hydroxyl groups excluding tert-OH is 1. The first-order valence-electron chi connectivity index (χ1n) is 10.7. The van der Waals surface area contributed by atoms with Crippen LogP contribution in [0.3, 0.4) is 0 Å². The summed E-state index contributed by atoms with van der Waals surface area (Å²) in [5.74, 6) is 0.950. The molecule has 2 heterocycles. The Bertz CT molecular complexity index is 1100. The molecule has 0 aliphatic carbocycles. The third kappa shape index (κ3) is 4.47. The summed E-state index contributed by atoms with van der Waals surface area (Å²) in [6.07, 6.45) is -0.0157. The number of nitrogens with zero attached hydrogens (tertiary/aromatic N) is 2. The molecular formula is C24H27BrN2O5. The minimum Gasteiger partial charge on any atom is -0.473 e. The molecule has 1 aromatic heterocycles. The first kappa shape index (κ1) is 22.6. The molecule has 0 bridgehead atoms. The molecule has 1 amide bonds. The number of benzene rings is 2. The van der Waals surface area contributed by atoms with Crippen molar-refractivity contribution in [2.75, 3.05) is 20.2 Å². The molecule has 1 aliphatic rings. The Morgan fingerprint density at radius 1 is 1.25 bits per heavy atom. The molecule has 1 N–H and O–H groups in total. The highest BCUT2D eigenvalue weighted by Crippen LogP contribution is 2.41. The third-order valence-corrected chi connectivity index (χ3v) is 6.50. The molecular weight excluding hydrogens is 476 g/mol. The van der Waals surface area contributed by atoms with Gasteiger partial charge < -0.3 is 24.0 Å². The largest absolute Gasteiger partial charge is 0.473 e. The summed E-state index contributed by atoms with van der Waals surface area (Å²) in [5, 5.41) is 17.7. The maximum Gasteiger partial charge on any atom is 0.409 e. The van der Waals surface area contributed by atoms with E-state index in [2.05, 4.69) is 21.1 Å². The van der Waals surface area contributed by atoms with Crippen LogP contribution in [0.15, 0.2) is 45.4 Å². The minimum atomic E-state index is -0.952. The van der Waals surface area contributed by atoms with Gasteiger partial charge in [0, 0.05) is 23.5 Å². The molecule has 8 heteroatoms. The smallest absolute Gasteiger partial charge is 0.409 e. The zero-order valence-corrected chi connectivity index (χ0v) is 20.0. The lowest BCUT2D eigenvalue weighted by atomic mass is 9.89. The average molecular weight is 503 g/mol. The molecule has 3 aromatic rings. The Hall–Kier alpha value is -2.58. The zero-order chi connectivity index (χ0) is 22.8. The Morgan fingerprint density at radius 3 is 2.69 bits per heavy atom. The van der Waals surface area contributed by atoms with Crippen molar-refractivity contribution in [3.63, 3.8) is 0 Å². The highest BCUT2D eigenvalue weighted by molar-refractivity contribution is 9.10. The van der Waals surface area contributed by atoms with Crippen molar-refractivity contribution in [1.29, 1.82) is 0 Å². The lowest BCUT2D eigenvalue weighted by Gasteiger charge is -2.30. The topological polar surface area (TPSA) is 85.0 Å². The quantitative estimate of drug-likeness (QED) is 0.502. The van der Waals surface area contributed by atoms with Crippen molar-refractivity contribution >= 4 is 32.8 Å². The standard InChI is InChI=1S/C24H27BrN2O5/c1-14(2)31-23-20(21(28)17-7-8-18-16(13-17)5-4-6-19(18)25)22(32-26-23)15-9-11-27(12-10-15)24(29)30-3/h4-8,13-15,21,28H,9-12H2,1-3H3. The summed E-state index contributed by atoms with van der Waals surface area (Å²) in [7, 11) is 1.39. The molecule has 0 spiro atoms. The number of ether oxygens (including phenoxy) is 2. The lowest BCUT2D eigenvalue weighted by Crippen LogP contribution is -2.37. The van der Waals surface area contributed by atoms with Crippen LogP contribution in [0.2, 0.25) is 0 Å². The van der Waals surface area contributed by atoms with E-state index >= 15 is 0 Å². The van der Waals surface area contributed by atoms with Crippen molar-refractivity contribution in [1.82, 2.24) is 10.1 Å². The molecule has 1 aliphatic heterocycles. The van der Waals surface area contributed by atoms with Gasteiger partial charge in [-0.15, -0.1) is 0 Å². The SMILES string of the molecule is COC(=O)N1CCC(c2onc(OC(C)C)c2C(O)c2ccc3c(Br)cccc3c2)CC1. The van der Waals surface area contributed by atoms with Gasteiger partial charge in [0.15, 0.2) is 0 Å². The Labute approximate surface area is 195 Å². The summed E-state index contributed by atoms with van der Waals surface area (Å²) < 4.78 is 17.4. The van der Waals surface area contributed by atoms with E-state index in [1.807, 2.05) is 50.2 Å². The van der Waals surface area contributed by atoms with Crippen molar-refractivity contribution in [2.24, 2.45) is 0 Å². The number of likely N-dealkylation sites (tertiary alicyclic amines) is 1. The molecule has 1 saturated heterocycles. The van der Waals surface area contributed by atoms with Crippen LogP contribution in [0.5, 0.6) is 5.88 Å². The van der Waals surface area contributed by atoms with Crippen LogP contribution in [0.1, 0.15) is 55.6 Å². The second-order valence-corrected chi connectivity index (χ2v) is 9.14. The number of piperidine rings is 1. The predicted molar refractivity (Wildman–Crippen MR) is 124 cm³/mol. The van der Waals surface area contributed by atoms with Crippen molar-refractivity contribution < 1.29 is 23.9 Å². The second-order valence-electron chi connectivity index (χ2n) is 8.29. The van der Waals surface area contributed by atoms with E-state index in [1.54, 1.807) is 4.90 Å². The van der Waals surface area contributed by atoms with Crippen molar-refractivity contribution in [3.05, 3.63) is 57.8 Å². The Kier molecular flexibility index (Phi) is 6.71. The van der Waals surface area contributed by atoms with Crippen LogP contribution >= 0.6 is 15.9 Å². The van der Waals surface area contributed by atoms with Gasteiger partial charge in [0.25, 0.3) is 5.88 Å². The van der Waals surface area contributed by atoms with E-state index < -0.39 is 6.10 Å². The number of halogens is 1. The van der Waals surface area contributed by atoms with Crippen LogP contribution < -0.4 is 4.74 Å². The third-order valence-electron chi connectivity index (χ3n) is 5.81. The number of fused-ring (bicyclic) bond motifs is 1. The maximum absolute atomic E-state index is 11.8. The van der Waals surface area contributed by atoms with Crippen molar-refractivity contribution in [2.45, 2.75) is 44.8 Å². The number of rotatable bonds is 5. The van der Waals surface area contributed by atoms with Crippen LogP contribution in [0.4, 0.5) is 4.79 Å². The number of hydrogen-bond donors (Lipinski definition) is 1. The molecule has 1 fully saturated rings. The molecule has 4 rings (SSSR count). The summed E-state index contributed by atoms with van der Waals surface area (Å²) >= 11 is 3.58. The summed E-state index contributed by atoms with van der Waals surface area (Å²) in [5.41, 5.74) is 1.30. The number of hydrogen-bond acceptors (Lipinski definition) is 6. The molecule has 0 radical (unpaired) electrons. The van der Waals surface area contributed by atoms with Gasteiger partial charge >= 0.3 is 6.09 Å². The Morgan fingerprint density at radius 2 is 2.00 bits per heavy atom. The van der Waals surface area contributed by atoms with Gasteiger partial charge in [-0.05, 0) is 60.3 Å². The van der Waals surface area contributed by atoms with Gasteiger partial charge in [0.1, 0.15) is 11.9 Å². The molecule has 0 saturated carbocycles. The summed E-state index contributed by atoms with van der Waals surface area (Å²) in [6, 6.07) is 11.8. The van der Waals surface area contributed by atoms with E-state index in [-0.39, 0.29) is 18.1 Å². The molecule has 32 heavy (non-hydrogen) atoms. The predicted octanol–water partition coefficient (Wildman–Crippen LogP) is 5.41. The summed E-state index contributed by atoms with van der Waals surface area (Å²) in [4.78, 5) is 13.5. The molecule has 1 unspecified atom stereocenters. The number of methoxy groups -OCH3 is 1. The minimum absolute atomic E-state index is 0.0205. The van der Waals surface area contributed by atoms with E-state index in [1.165, 1.54) is 7.11 Å². The van der Waals surface area contributed by atoms with Gasteiger partial charge in [0.2, 0.25) is 0 Å². The second kappa shape index (κ2) is 9.50. The van der Waals surface area contributed by atoms with Gasteiger partial charge in [-0.2, -0.15) is 0 Å². The molecule has 1 atom stereocenters. The van der Waals surface area contributed by atoms with E-state index in [4.69, 9.17) is 14.0 Å². The highest BCUT2D eigenvalue weighted by Gasteiger charge is 2.34. The number of aliphatic hydroxyl groups is 1. The Balaban J connectivity index is 1.67. The molecule has 7 nitrogen and oxygen atoms in total. The van der Waals surface area contributed by atoms with E-state index in [9.17, 15) is 9.90 Å². The number of amides is 1. The fourth-order valence-electron chi connectivity index (χ4n) is 4.20. The molecule has 2 aromatic carbocycles. The van der Waals surface area contributed by atoms with Gasteiger partial charge in [-0.25, -0.2) is 4.79 Å². The average Bonchev–Trinajstić information content (AvgIpc) is 3.20. The van der Waals surface area contributed by atoms with Crippen LogP contribution in [0.25, 0.3) is 10.8 Å². The summed E-state index contributed by atoms with van der Waals surface area (Å²) in [6.45, 7) is 4.93. The monoisotopic (exact) mass is 502 g/mol. The number of aromatic nitrogens is 1. The first-order valence-corrected chi connectivity index (χ1v) is 11.5. The fraction of sp³-hybridized carbons (Fsp3) is 0.417. The van der Waals surface area contributed by atoms with Crippen LogP contribution in [-0.2, 0) is 4.74 Å². The maximum atomic E-state index is 11.8. The highest BCUT2D eigenvalue weighted by atomic mass is 79.9. The van der Waals surface area contributed by atoms with Crippen molar-refractivity contribution in [3.8, 4) is 5.88 Å².